The molecule has 1 aromatic carbocycles. The first kappa shape index (κ1) is 18.7. The van der Waals surface area contributed by atoms with Crippen molar-refractivity contribution in [1.29, 1.82) is 0 Å². The second kappa shape index (κ2) is 9.06. The largest absolute Gasteiger partial charge is 0.396 e. The van der Waals surface area contributed by atoms with Gasteiger partial charge in [0, 0.05) is 28.3 Å². The lowest BCUT2D eigenvalue weighted by atomic mass is 9.80. The lowest BCUT2D eigenvalue weighted by Crippen LogP contribution is -2.55. The van der Waals surface area contributed by atoms with Gasteiger partial charge in [0.25, 0.3) is 5.91 Å². The van der Waals surface area contributed by atoms with Crippen LogP contribution in [0.25, 0.3) is 0 Å². The summed E-state index contributed by atoms with van der Waals surface area (Å²) in [6.45, 7) is 3.32. The summed E-state index contributed by atoms with van der Waals surface area (Å²) in [7, 11) is 0. The zero-order valence-electron chi connectivity index (χ0n) is 15.0. The van der Waals surface area contributed by atoms with Gasteiger partial charge in [0.15, 0.2) is 0 Å². The summed E-state index contributed by atoms with van der Waals surface area (Å²) in [5.74, 6) is 0.715. The molecular weight excluding hydrogens is 332 g/mol. The van der Waals surface area contributed by atoms with Crippen LogP contribution in [0.5, 0.6) is 0 Å². The molecule has 2 fully saturated rings. The molecule has 0 spiro atoms. The molecule has 0 unspecified atom stereocenters. The summed E-state index contributed by atoms with van der Waals surface area (Å²) >= 11 is 1.60. The molecule has 0 bridgehead atoms. The van der Waals surface area contributed by atoms with Gasteiger partial charge in [0.05, 0.1) is 6.61 Å². The van der Waals surface area contributed by atoms with E-state index in [0.717, 1.165) is 17.0 Å². The van der Waals surface area contributed by atoms with Crippen LogP contribution in [0.3, 0.4) is 0 Å². The summed E-state index contributed by atoms with van der Waals surface area (Å²) in [4.78, 5) is 16.3. The SMILES string of the molecule is O=C(NCC1(N2CCCC2)CCCCC1)c1ccc(SCCO)cc1. The molecule has 5 heteroatoms. The number of nitrogens with one attached hydrogen (secondary N) is 1. The number of hydrogen-bond acceptors (Lipinski definition) is 4. The third kappa shape index (κ3) is 4.78. The third-order valence-electron chi connectivity index (χ3n) is 5.62. The van der Waals surface area contributed by atoms with Gasteiger partial charge >= 0.3 is 0 Å². The van der Waals surface area contributed by atoms with Crippen LogP contribution in [0.2, 0.25) is 0 Å². The van der Waals surface area contributed by atoms with Gasteiger partial charge in [-0.25, -0.2) is 0 Å². The summed E-state index contributed by atoms with van der Waals surface area (Å²) < 4.78 is 0. The van der Waals surface area contributed by atoms with Crippen LogP contribution in [0.4, 0.5) is 0 Å². The van der Waals surface area contributed by atoms with Crippen molar-refractivity contribution in [3.8, 4) is 0 Å². The van der Waals surface area contributed by atoms with Gasteiger partial charge in [-0.05, 0) is 63.0 Å². The second-order valence-corrected chi connectivity index (χ2v) is 8.43. The average molecular weight is 363 g/mol. The molecule has 1 saturated heterocycles. The Kier molecular flexibility index (Phi) is 6.79. The first-order valence-corrected chi connectivity index (χ1v) is 10.6. The number of thioether (sulfide) groups is 1. The van der Waals surface area contributed by atoms with Crippen molar-refractivity contribution in [1.82, 2.24) is 10.2 Å². The fraction of sp³-hybridized carbons (Fsp3) is 0.650. The molecule has 0 aromatic heterocycles. The van der Waals surface area contributed by atoms with Gasteiger partial charge in [0.1, 0.15) is 0 Å². The van der Waals surface area contributed by atoms with Crippen molar-refractivity contribution < 1.29 is 9.90 Å². The van der Waals surface area contributed by atoms with E-state index >= 15 is 0 Å². The Morgan fingerprint density at radius 3 is 2.40 bits per heavy atom. The fourth-order valence-electron chi connectivity index (χ4n) is 4.22. The maximum atomic E-state index is 12.6. The van der Waals surface area contributed by atoms with Crippen molar-refractivity contribution in [2.75, 3.05) is 32.0 Å². The summed E-state index contributed by atoms with van der Waals surface area (Å²) in [5, 5.41) is 12.1. The highest BCUT2D eigenvalue weighted by molar-refractivity contribution is 7.99. The van der Waals surface area contributed by atoms with Gasteiger partial charge in [-0.3, -0.25) is 9.69 Å². The molecule has 0 atom stereocenters. The zero-order valence-corrected chi connectivity index (χ0v) is 15.8. The number of carbonyl (C=O) groups is 1. The highest BCUT2D eigenvalue weighted by atomic mass is 32.2. The number of aliphatic hydroxyl groups excluding tert-OH is 1. The maximum absolute atomic E-state index is 12.6. The van der Waals surface area contributed by atoms with Crippen LogP contribution in [-0.4, -0.2) is 53.4 Å². The van der Waals surface area contributed by atoms with E-state index in [9.17, 15) is 4.79 Å². The van der Waals surface area contributed by atoms with Crippen LogP contribution >= 0.6 is 11.8 Å². The van der Waals surface area contributed by atoms with Crippen LogP contribution in [0.15, 0.2) is 29.2 Å². The highest BCUT2D eigenvalue weighted by Gasteiger charge is 2.39. The van der Waals surface area contributed by atoms with Crippen molar-refractivity contribution in [2.24, 2.45) is 0 Å². The molecule has 3 rings (SSSR count). The van der Waals surface area contributed by atoms with Gasteiger partial charge in [0.2, 0.25) is 0 Å². The quantitative estimate of drug-likeness (QED) is 0.731. The average Bonchev–Trinajstić information content (AvgIpc) is 3.21. The number of aliphatic hydroxyl groups is 1. The monoisotopic (exact) mass is 362 g/mol. The van der Waals surface area contributed by atoms with Crippen molar-refractivity contribution in [2.45, 2.75) is 55.4 Å². The minimum Gasteiger partial charge on any atom is -0.396 e. The number of rotatable bonds is 7. The van der Waals surface area contributed by atoms with Crippen LogP contribution in [-0.2, 0) is 0 Å². The van der Waals surface area contributed by atoms with Crippen molar-refractivity contribution in [3.63, 3.8) is 0 Å². The van der Waals surface area contributed by atoms with E-state index in [0.29, 0.717) is 5.75 Å². The fourth-order valence-corrected chi connectivity index (χ4v) is 4.87. The predicted octanol–water partition coefficient (Wildman–Crippen LogP) is 3.30. The standard InChI is InChI=1S/C20H30N2O2S/c23-14-15-25-18-8-6-17(7-9-18)19(24)21-16-20(10-2-1-3-11-20)22-12-4-5-13-22/h6-9,23H,1-5,10-16H2,(H,21,24). The number of likely N-dealkylation sites (tertiary alicyclic amines) is 1. The Balaban J connectivity index is 1.59. The molecule has 1 aromatic rings. The number of benzene rings is 1. The Labute approximate surface area is 155 Å². The van der Waals surface area contributed by atoms with E-state index in [1.165, 1.54) is 58.0 Å². The molecule has 1 aliphatic carbocycles. The summed E-state index contributed by atoms with van der Waals surface area (Å²) in [6, 6.07) is 7.70. The minimum atomic E-state index is 0.0304. The first-order valence-electron chi connectivity index (χ1n) is 9.60. The number of carbonyl (C=O) groups excluding carboxylic acids is 1. The van der Waals surface area contributed by atoms with Gasteiger partial charge < -0.3 is 10.4 Å². The molecule has 1 saturated carbocycles. The van der Waals surface area contributed by atoms with E-state index in [-0.39, 0.29) is 18.1 Å². The normalized spacial score (nSPS) is 20.5. The first-order chi connectivity index (χ1) is 12.2. The van der Waals surface area contributed by atoms with Crippen LogP contribution < -0.4 is 5.32 Å². The highest BCUT2D eigenvalue weighted by Crippen LogP contribution is 2.35. The Morgan fingerprint density at radius 2 is 1.76 bits per heavy atom. The topological polar surface area (TPSA) is 52.6 Å². The zero-order chi connectivity index (χ0) is 17.5. The number of amides is 1. The number of nitrogens with zero attached hydrogens (tertiary/aromatic N) is 1. The van der Waals surface area contributed by atoms with E-state index in [4.69, 9.17) is 5.11 Å². The lowest BCUT2D eigenvalue weighted by Gasteiger charge is -2.45. The molecule has 0 radical (unpaired) electrons. The molecule has 1 aliphatic heterocycles. The van der Waals surface area contributed by atoms with Crippen molar-refractivity contribution in [3.05, 3.63) is 29.8 Å². The second-order valence-electron chi connectivity index (χ2n) is 7.26. The van der Waals surface area contributed by atoms with Crippen LogP contribution in [0.1, 0.15) is 55.3 Å². The van der Waals surface area contributed by atoms with Gasteiger partial charge in [-0.15, -0.1) is 11.8 Å². The van der Waals surface area contributed by atoms with E-state index < -0.39 is 0 Å². The summed E-state index contributed by atoms with van der Waals surface area (Å²) in [5.41, 5.74) is 0.905. The maximum Gasteiger partial charge on any atom is 0.251 e. The molecule has 2 aliphatic rings. The Bertz CT molecular complexity index is 549. The molecule has 1 amide bonds. The van der Waals surface area contributed by atoms with Crippen molar-refractivity contribution >= 4 is 17.7 Å². The molecule has 4 nitrogen and oxygen atoms in total. The Hall–Kier alpha value is -1.04. The summed E-state index contributed by atoms with van der Waals surface area (Å²) in [6.07, 6.45) is 8.90. The smallest absolute Gasteiger partial charge is 0.251 e. The Morgan fingerprint density at radius 1 is 1.08 bits per heavy atom. The van der Waals surface area contributed by atoms with E-state index in [2.05, 4.69) is 10.2 Å². The number of hydrogen-bond donors (Lipinski definition) is 2. The van der Waals surface area contributed by atoms with E-state index in [1.807, 2.05) is 24.3 Å². The molecule has 2 N–H and O–H groups in total. The van der Waals surface area contributed by atoms with Crippen LogP contribution in [0, 0.1) is 0 Å². The predicted molar refractivity (Wildman–Crippen MR) is 103 cm³/mol. The van der Waals surface area contributed by atoms with Gasteiger partial charge in [-0.1, -0.05) is 19.3 Å². The molecule has 1 heterocycles. The lowest BCUT2D eigenvalue weighted by molar-refractivity contribution is 0.0652. The molecule has 138 valence electrons. The molecular formula is C20H30N2O2S. The third-order valence-corrected chi connectivity index (χ3v) is 6.61. The molecule has 25 heavy (non-hydrogen) atoms. The van der Waals surface area contributed by atoms with E-state index in [1.54, 1.807) is 11.8 Å². The van der Waals surface area contributed by atoms with Gasteiger partial charge in [-0.2, -0.15) is 0 Å². The minimum absolute atomic E-state index is 0.0304.